The molecule has 0 radical (unpaired) electrons. The Kier molecular flexibility index (Phi) is 8.66. The third kappa shape index (κ3) is 5.87. The topological polar surface area (TPSA) is 45.9 Å². The molecule has 2 heterocycles. The number of aromatic nitrogens is 1. The number of thioether (sulfide) groups is 1. The Morgan fingerprint density at radius 2 is 1.67 bits per heavy atom. The minimum Gasteiger partial charge on any atom is -0.381 e. The van der Waals surface area contributed by atoms with E-state index in [1.165, 1.54) is 54.0 Å². The fourth-order valence-electron chi connectivity index (χ4n) is 5.20. The second-order valence-corrected chi connectivity index (χ2v) is 11.0. The molecular weight excluding hydrogens is 612 g/mol. The second kappa shape index (κ2) is 12.3. The highest BCUT2D eigenvalue weighted by atomic mass is 32.2. The van der Waals surface area contributed by atoms with Crippen LogP contribution in [0.15, 0.2) is 89.4 Å². The number of allylic oxidation sites excluding steroid dienone is 1. The highest BCUT2D eigenvalue weighted by molar-refractivity contribution is 7.98. The smallest absolute Gasteiger partial charge is 0.381 e. The van der Waals surface area contributed by atoms with Crippen molar-refractivity contribution in [2.24, 2.45) is 4.99 Å². The zero-order chi connectivity index (χ0) is 32.6. The summed E-state index contributed by atoms with van der Waals surface area (Å²) in [5.41, 5.74) is 0.820. The molecule has 2 aromatic heterocycles. The highest BCUT2D eigenvalue weighted by Gasteiger charge is 2.34. The summed E-state index contributed by atoms with van der Waals surface area (Å²) in [4.78, 5) is 16.8. The number of carbonyl (C=O) groups excluding carboxylic acids is 1. The lowest BCUT2D eigenvalue weighted by Crippen LogP contribution is -2.11. The first-order valence-electron chi connectivity index (χ1n) is 13.4. The highest BCUT2D eigenvalue weighted by Crippen LogP contribution is 2.41. The van der Waals surface area contributed by atoms with Crippen LogP contribution in [0.3, 0.4) is 0 Å². The van der Waals surface area contributed by atoms with Gasteiger partial charge in [0.15, 0.2) is 11.6 Å². The molecule has 11 heteroatoms. The lowest BCUT2D eigenvalue weighted by atomic mass is 9.98. The summed E-state index contributed by atoms with van der Waals surface area (Å²) in [5, 5.41) is 2.93. The van der Waals surface area contributed by atoms with E-state index in [2.05, 4.69) is 23.6 Å². The van der Waals surface area contributed by atoms with Gasteiger partial charge in [0.25, 0.3) is 0 Å². The van der Waals surface area contributed by atoms with Crippen molar-refractivity contribution in [3.05, 3.63) is 125 Å². The van der Waals surface area contributed by atoms with Crippen LogP contribution >= 0.6 is 11.8 Å². The van der Waals surface area contributed by atoms with Gasteiger partial charge in [-0.3, -0.25) is 9.79 Å². The number of fused-ring (bicyclic) bond motifs is 1. The van der Waals surface area contributed by atoms with Crippen molar-refractivity contribution in [3.63, 3.8) is 0 Å². The van der Waals surface area contributed by atoms with Gasteiger partial charge in [-0.1, -0.05) is 12.6 Å². The van der Waals surface area contributed by atoms with E-state index in [4.69, 9.17) is 0 Å². The van der Waals surface area contributed by atoms with Gasteiger partial charge in [-0.2, -0.15) is 13.2 Å². The van der Waals surface area contributed by atoms with Crippen molar-refractivity contribution in [1.29, 1.82) is 0 Å². The number of alkyl halides is 3. The molecule has 0 saturated carbocycles. The largest absolute Gasteiger partial charge is 0.417 e. The van der Waals surface area contributed by atoms with Gasteiger partial charge in [0.05, 0.1) is 27.4 Å². The molecular formula is C34H25F6N3OS. The minimum atomic E-state index is -4.62. The van der Waals surface area contributed by atoms with Crippen molar-refractivity contribution in [2.75, 3.05) is 11.6 Å². The van der Waals surface area contributed by atoms with Gasteiger partial charge in [-0.05, 0) is 91.7 Å². The van der Waals surface area contributed by atoms with Gasteiger partial charge >= 0.3 is 6.18 Å². The van der Waals surface area contributed by atoms with Crippen molar-refractivity contribution in [2.45, 2.75) is 24.5 Å². The molecule has 5 aromatic rings. The molecule has 4 nitrogen and oxygen atoms in total. The molecule has 0 amide bonds. The Morgan fingerprint density at radius 1 is 0.956 bits per heavy atom. The molecule has 0 aliphatic rings. The third-order valence-corrected chi connectivity index (χ3v) is 8.10. The Labute approximate surface area is 259 Å². The van der Waals surface area contributed by atoms with Gasteiger partial charge in [0.1, 0.15) is 5.82 Å². The van der Waals surface area contributed by atoms with E-state index in [9.17, 15) is 31.1 Å². The Bertz CT molecular complexity index is 1980. The van der Waals surface area contributed by atoms with E-state index < -0.39 is 39.9 Å². The van der Waals surface area contributed by atoms with Gasteiger partial charge in [-0.15, -0.1) is 11.8 Å². The van der Waals surface area contributed by atoms with Crippen LogP contribution in [0, 0.1) is 17.5 Å². The average molecular weight is 638 g/mol. The Hall–Kier alpha value is -4.77. The monoisotopic (exact) mass is 637 g/mol. The zero-order valence-electron chi connectivity index (χ0n) is 24.0. The first-order valence-corrected chi connectivity index (χ1v) is 14.7. The quantitative estimate of drug-likeness (QED) is 0.0575. The predicted molar refractivity (Wildman–Crippen MR) is 167 cm³/mol. The summed E-state index contributed by atoms with van der Waals surface area (Å²) in [5.74, 6) is -3.73. The molecule has 0 aliphatic carbocycles. The van der Waals surface area contributed by atoms with Crippen molar-refractivity contribution in [3.8, 4) is 11.1 Å². The molecule has 5 rings (SSSR count). The number of anilines is 1. The van der Waals surface area contributed by atoms with Crippen LogP contribution in [0.2, 0.25) is 0 Å². The number of aliphatic imine (C=N–C) groups is 1. The van der Waals surface area contributed by atoms with Gasteiger partial charge in [0.2, 0.25) is 5.78 Å². The van der Waals surface area contributed by atoms with Crippen LogP contribution in [0.25, 0.3) is 22.2 Å². The second-order valence-electron chi connectivity index (χ2n) is 10.2. The van der Waals surface area contributed by atoms with Gasteiger partial charge < -0.3 is 9.72 Å². The predicted octanol–water partition coefficient (Wildman–Crippen LogP) is 9.97. The van der Waals surface area contributed by atoms with Gasteiger partial charge in [-0.25, -0.2) is 13.2 Å². The summed E-state index contributed by atoms with van der Waals surface area (Å²) in [7, 11) is 0. The minimum absolute atomic E-state index is 0.0976. The van der Waals surface area contributed by atoms with E-state index in [1.807, 2.05) is 0 Å². The molecule has 0 atom stereocenters. The van der Waals surface area contributed by atoms with Crippen LogP contribution in [-0.2, 0) is 12.7 Å². The molecule has 0 aliphatic heterocycles. The first kappa shape index (κ1) is 31.6. The van der Waals surface area contributed by atoms with Crippen LogP contribution in [-0.4, -0.2) is 23.2 Å². The first-order chi connectivity index (χ1) is 21.4. The molecule has 0 saturated heterocycles. The number of halogens is 6. The van der Waals surface area contributed by atoms with E-state index in [0.29, 0.717) is 11.2 Å². The van der Waals surface area contributed by atoms with Crippen LogP contribution in [0.1, 0.15) is 39.7 Å². The van der Waals surface area contributed by atoms with Crippen LogP contribution in [0.5, 0.6) is 0 Å². The van der Waals surface area contributed by atoms with E-state index in [1.54, 1.807) is 30.5 Å². The maximum atomic E-state index is 15.0. The number of hydrogen-bond acceptors (Lipinski definition) is 4. The van der Waals surface area contributed by atoms with Crippen molar-refractivity contribution in [1.82, 2.24) is 4.40 Å². The number of pyridine rings is 1. The molecule has 230 valence electrons. The number of carbonyl (C=O) groups is 1. The number of hydrogen-bond donors (Lipinski definition) is 1. The third-order valence-electron chi connectivity index (χ3n) is 7.33. The summed E-state index contributed by atoms with van der Waals surface area (Å²) in [6, 6.07) is 15.8. The molecule has 45 heavy (non-hydrogen) atoms. The lowest BCUT2D eigenvalue weighted by molar-refractivity contribution is -0.137. The maximum absolute atomic E-state index is 15.0. The summed E-state index contributed by atoms with van der Waals surface area (Å²) in [6.07, 6.45) is -1.59. The molecule has 1 N–H and O–H groups in total. The van der Waals surface area contributed by atoms with E-state index in [-0.39, 0.29) is 51.3 Å². The number of rotatable bonds is 9. The maximum Gasteiger partial charge on any atom is 0.417 e. The van der Waals surface area contributed by atoms with Crippen molar-refractivity contribution < 1.29 is 31.1 Å². The molecule has 0 bridgehead atoms. The number of ketones is 1. The van der Waals surface area contributed by atoms with Gasteiger partial charge in [0, 0.05) is 40.7 Å². The molecule has 0 unspecified atom stereocenters. The fourth-order valence-corrected chi connectivity index (χ4v) is 5.75. The summed E-state index contributed by atoms with van der Waals surface area (Å²) < 4.78 is 87.5. The number of nitrogens with one attached hydrogen (secondary N) is 1. The number of nitrogens with zero attached hydrogens (tertiary/aromatic N) is 2. The summed E-state index contributed by atoms with van der Waals surface area (Å²) in [6.45, 7) is 8.36. The normalized spacial score (nSPS) is 11.6. The van der Waals surface area contributed by atoms with E-state index in [0.717, 1.165) is 17.8 Å². The Morgan fingerprint density at radius 3 is 2.29 bits per heavy atom. The average Bonchev–Trinajstić information content (AvgIpc) is 3.45. The van der Waals surface area contributed by atoms with Crippen molar-refractivity contribution >= 4 is 46.7 Å². The van der Waals surface area contributed by atoms with E-state index >= 15 is 0 Å². The Balaban J connectivity index is 1.44. The standard InChI is InChI=1S/C34H25F6N3OS/c1-18(2)28-24(29(35)31(37)33(45-4)30(28)36)17-42-20-9-7-19(8-10-20)32(44)27-14-13-26-22(6-5-15-43(26)27)23-16-21(41-3)11-12-25(23)34(38,39)40/h5-16,42H,1,3,17H2,2,4H3. The zero-order valence-corrected chi connectivity index (χ0v) is 24.8. The summed E-state index contributed by atoms with van der Waals surface area (Å²) >= 11 is 0.761. The lowest BCUT2D eigenvalue weighted by Gasteiger charge is -2.17. The number of benzene rings is 3. The molecule has 0 spiro atoms. The molecule has 0 fully saturated rings. The molecule has 3 aromatic carbocycles. The fraction of sp³-hybridized carbons (Fsp3) is 0.118. The van der Waals surface area contributed by atoms with Crippen LogP contribution < -0.4 is 5.32 Å². The van der Waals surface area contributed by atoms with Crippen LogP contribution in [0.4, 0.5) is 37.7 Å². The SMILES string of the molecule is C=Nc1ccc(C(F)(F)F)c(-c2cccn3c(C(=O)c4ccc(NCc5c(F)c(F)c(SC)c(F)c5C(=C)C)cc4)ccc23)c1.